The van der Waals surface area contributed by atoms with Crippen molar-refractivity contribution < 1.29 is 9.53 Å². The van der Waals surface area contributed by atoms with Crippen molar-refractivity contribution in [1.29, 1.82) is 0 Å². The summed E-state index contributed by atoms with van der Waals surface area (Å²) >= 11 is 0. The lowest BCUT2D eigenvalue weighted by Crippen LogP contribution is -2.23. The van der Waals surface area contributed by atoms with Crippen LogP contribution in [0.5, 0.6) is 0 Å². The van der Waals surface area contributed by atoms with Gasteiger partial charge in [-0.15, -0.1) is 0 Å². The Labute approximate surface area is 143 Å². The van der Waals surface area contributed by atoms with Crippen LogP contribution in [0, 0.1) is 18.8 Å². The first kappa shape index (κ1) is 16.7. The molecule has 2 heterocycles. The van der Waals surface area contributed by atoms with Crippen molar-refractivity contribution in [1.82, 2.24) is 14.8 Å². The minimum atomic E-state index is -0.0517. The van der Waals surface area contributed by atoms with Gasteiger partial charge in [-0.1, -0.05) is 0 Å². The molecule has 0 N–H and O–H groups in total. The first-order chi connectivity index (χ1) is 11.6. The van der Waals surface area contributed by atoms with Crippen LogP contribution >= 0.6 is 0 Å². The molecule has 3 rings (SSSR count). The maximum atomic E-state index is 11.6. The van der Waals surface area contributed by atoms with Crippen molar-refractivity contribution in [3.8, 4) is 11.1 Å². The third kappa shape index (κ3) is 3.66. The van der Waals surface area contributed by atoms with E-state index in [1.54, 1.807) is 0 Å². The Morgan fingerprint density at radius 3 is 2.67 bits per heavy atom. The summed E-state index contributed by atoms with van der Waals surface area (Å²) in [5, 5.41) is 4.41. The van der Waals surface area contributed by atoms with Crippen LogP contribution in [0.1, 0.15) is 36.9 Å². The number of rotatable bonds is 4. The average Bonchev–Trinajstić information content (AvgIpc) is 2.93. The van der Waals surface area contributed by atoms with Crippen LogP contribution in [0.25, 0.3) is 11.1 Å². The zero-order valence-corrected chi connectivity index (χ0v) is 14.7. The Kier molecular flexibility index (Phi) is 4.97. The van der Waals surface area contributed by atoms with Gasteiger partial charge in [-0.2, -0.15) is 5.10 Å². The zero-order valence-electron chi connectivity index (χ0n) is 14.7. The van der Waals surface area contributed by atoms with Gasteiger partial charge in [0.1, 0.15) is 0 Å². The highest BCUT2D eigenvalue weighted by Gasteiger charge is 2.27. The van der Waals surface area contributed by atoms with Gasteiger partial charge in [0.05, 0.1) is 18.7 Å². The summed E-state index contributed by atoms with van der Waals surface area (Å²) in [5.74, 6) is 0.663. The normalized spacial score (nSPS) is 20.8. The van der Waals surface area contributed by atoms with Gasteiger partial charge in [0.25, 0.3) is 0 Å². The standard InChI is InChI=1S/C19H25N3O2/c1-13-18(12-22(2)21-13)17-9-15(10-20-11-17)8-14-4-6-16(7-5-14)19(23)24-3/h9-12,14,16H,4-8H2,1-3H3. The van der Waals surface area contributed by atoms with Gasteiger partial charge in [-0.25, -0.2) is 0 Å². The van der Waals surface area contributed by atoms with E-state index in [0.717, 1.165) is 48.9 Å². The van der Waals surface area contributed by atoms with E-state index in [-0.39, 0.29) is 11.9 Å². The second kappa shape index (κ2) is 7.16. The molecule has 1 fully saturated rings. The number of ether oxygens (including phenoxy) is 1. The Hall–Kier alpha value is -2.17. The summed E-state index contributed by atoms with van der Waals surface area (Å²) in [6.45, 7) is 2.02. The Morgan fingerprint density at radius 1 is 1.29 bits per heavy atom. The lowest BCUT2D eigenvalue weighted by Gasteiger charge is -2.26. The van der Waals surface area contributed by atoms with E-state index in [4.69, 9.17) is 4.74 Å². The highest BCUT2D eigenvalue weighted by Crippen LogP contribution is 2.32. The molecule has 0 spiro atoms. The number of nitrogens with zero attached hydrogens (tertiary/aromatic N) is 3. The van der Waals surface area contributed by atoms with Crippen molar-refractivity contribution in [3.05, 3.63) is 35.9 Å². The maximum absolute atomic E-state index is 11.6. The molecule has 0 aliphatic heterocycles. The summed E-state index contributed by atoms with van der Waals surface area (Å²) in [4.78, 5) is 16.0. The van der Waals surface area contributed by atoms with Gasteiger partial charge in [-0.3, -0.25) is 14.5 Å². The number of aryl methyl sites for hydroxylation is 2. The van der Waals surface area contributed by atoms with Crippen LogP contribution in [0.4, 0.5) is 0 Å². The average molecular weight is 327 g/mol. The van der Waals surface area contributed by atoms with E-state index in [9.17, 15) is 4.79 Å². The molecular formula is C19H25N3O2. The Morgan fingerprint density at radius 2 is 2.04 bits per heavy atom. The highest BCUT2D eigenvalue weighted by atomic mass is 16.5. The van der Waals surface area contributed by atoms with E-state index in [0.29, 0.717) is 5.92 Å². The predicted octanol–water partition coefficient (Wildman–Crippen LogP) is 3.31. The smallest absolute Gasteiger partial charge is 0.308 e. The fourth-order valence-electron chi connectivity index (χ4n) is 3.73. The Bertz CT molecular complexity index is 715. The van der Waals surface area contributed by atoms with Crippen molar-refractivity contribution >= 4 is 5.97 Å². The first-order valence-electron chi connectivity index (χ1n) is 8.59. The number of carbonyl (C=O) groups is 1. The molecule has 1 saturated carbocycles. The number of hydrogen-bond donors (Lipinski definition) is 0. The fourth-order valence-corrected chi connectivity index (χ4v) is 3.73. The van der Waals surface area contributed by atoms with E-state index in [2.05, 4.69) is 16.1 Å². The van der Waals surface area contributed by atoms with Gasteiger partial charge in [0, 0.05) is 36.8 Å². The van der Waals surface area contributed by atoms with Crippen LogP contribution < -0.4 is 0 Å². The first-order valence-corrected chi connectivity index (χ1v) is 8.59. The number of hydrogen-bond acceptors (Lipinski definition) is 4. The summed E-state index contributed by atoms with van der Waals surface area (Å²) in [5.41, 5.74) is 4.55. The van der Waals surface area contributed by atoms with E-state index in [1.807, 2.05) is 37.2 Å². The number of carbonyl (C=O) groups excluding carboxylic acids is 1. The van der Waals surface area contributed by atoms with Crippen LogP contribution in [0.2, 0.25) is 0 Å². The van der Waals surface area contributed by atoms with Crippen LogP contribution in [-0.4, -0.2) is 27.8 Å². The van der Waals surface area contributed by atoms with E-state index >= 15 is 0 Å². The molecule has 0 saturated heterocycles. The maximum Gasteiger partial charge on any atom is 0.308 e. The third-order valence-corrected chi connectivity index (χ3v) is 5.02. The number of aromatic nitrogens is 3. The van der Waals surface area contributed by atoms with Gasteiger partial charge in [-0.05, 0) is 56.6 Å². The molecule has 5 heteroatoms. The van der Waals surface area contributed by atoms with Crippen molar-refractivity contribution in [2.24, 2.45) is 18.9 Å². The second-order valence-corrected chi connectivity index (χ2v) is 6.83. The zero-order chi connectivity index (χ0) is 17.1. The van der Waals surface area contributed by atoms with E-state index < -0.39 is 0 Å². The highest BCUT2D eigenvalue weighted by molar-refractivity contribution is 5.72. The molecule has 0 bridgehead atoms. The van der Waals surface area contributed by atoms with Gasteiger partial charge in [0.15, 0.2) is 0 Å². The molecule has 1 aliphatic rings. The number of pyridine rings is 1. The predicted molar refractivity (Wildman–Crippen MR) is 92.3 cm³/mol. The van der Waals surface area contributed by atoms with Crippen molar-refractivity contribution in [3.63, 3.8) is 0 Å². The summed E-state index contributed by atoms with van der Waals surface area (Å²) < 4.78 is 6.70. The summed E-state index contributed by atoms with van der Waals surface area (Å²) in [6.07, 6.45) is 11.0. The molecule has 5 nitrogen and oxygen atoms in total. The minimum Gasteiger partial charge on any atom is -0.469 e. The fraction of sp³-hybridized carbons (Fsp3) is 0.526. The van der Waals surface area contributed by atoms with Gasteiger partial charge >= 0.3 is 5.97 Å². The molecule has 0 unspecified atom stereocenters. The lowest BCUT2D eigenvalue weighted by molar-refractivity contribution is -0.146. The molecule has 1 aliphatic carbocycles. The van der Waals surface area contributed by atoms with Gasteiger partial charge in [0.2, 0.25) is 0 Å². The molecule has 0 radical (unpaired) electrons. The second-order valence-electron chi connectivity index (χ2n) is 6.83. The van der Waals surface area contributed by atoms with Gasteiger partial charge < -0.3 is 4.74 Å². The van der Waals surface area contributed by atoms with Crippen molar-refractivity contribution in [2.75, 3.05) is 7.11 Å². The van der Waals surface area contributed by atoms with Crippen molar-refractivity contribution in [2.45, 2.75) is 39.0 Å². The molecule has 0 amide bonds. The molecule has 24 heavy (non-hydrogen) atoms. The summed E-state index contributed by atoms with van der Waals surface area (Å²) in [7, 11) is 3.42. The monoisotopic (exact) mass is 327 g/mol. The Balaban J connectivity index is 1.66. The molecule has 0 atom stereocenters. The SMILES string of the molecule is COC(=O)C1CCC(Cc2cncc(-c3cn(C)nc3C)c2)CC1. The topological polar surface area (TPSA) is 57.0 Å². The molecule has 128 valence electrons. The number of esters is 1. The molecular weight excluding hydrogens is 302 g/mol. The van der Waals surface area contributed by atoms with E-state index in [1.165, 1.54) is 12.7 Å². The molecule has 2 aromatic rings. The van der Waals surface area contributed by atoms with Crippen LogP contribution in [0.15, 0.2) is 24.7 Å². The largest absolute Gasteiger partial charge is 0.469 e. The van der Waals surface area contributed by atoms with Crippen LogP contribution in [-0.2, 0) is 23.0 Å². The minimum absolute atomic E-state index is 0.0517. The third-order valence-electron chi connectivity index (χ3n) is 5.02. The quantitative estimate of drug-likeness (QED) is 0.808. The molecule has 2 aromatic heterocycles. The number of methoxy groups -OCH3 is 1. The molecule has 0 aromatic carbocycles. The van der Waals surface area contributed by atoms with Crippen LogP contribution in [0.3, 0.4) is 0 Å². The summed E-state index contributed by atoms with van der Waals surface area (Å²) in [6, 6.07) is 2.23. The lowest BCUT2D eigenvalue weighted by atomic mass is 9.79.